The summed E-state index contributed by atoms with van der Waals surface area (Å²) >= 11 is 1.34. The molecule has 20 heavy (non-hydrogen) atoms. The van der Waals surface area contributed by atoms with Gasteiger partial charge < -0.3 is 15.4 Å². The van der Waals surface area contributed by atoms with E-state index in [0.29, 0.717) is 11.5 Å². The highest BCUT2D eigenvalue weighted by Gasteiger charge is 2.14. The van der Waals surface area contributed by atoms with E-state index < -0.39 is 0 Å². The van der Waals surface area contributed by atoms with Crippen LogP contribution in [0.3, 0.4) is 0 Å². The van der Waals surface area contributed by atoms with Crippen molar-refractivity contribution in [2.45, 2.75) is 13.8 Å². The zero-order valence-corrected chi connectivity index (χ0v) is 12.5. The number of benzene rings is 1. The molecule has 1 aromatic heterocycles. The van der Waals surface area contributed by atoms with Gasteiger partial charge in [0.2, 0.25) is 0 Å². The van der Waals surface area contributed by atoms with Crippen molar-refractivity contribution >= 4 is 28.1 Å². The van der Waals surface area contributed by atoms with Gasteiger partial charge in [0.1, 0.15) is 10.6 Å². The largest absolute Gasteiger partial charge is 0.494 e. The van der Waals surface area contributed by atoms with Gasteiger partial charge in [0.15, 0.2) is 5.13 Å². The highest BCUT2D eigenvalue weighted by Crippen LogP contribution is 2.23. The summed E-state index contributed by atoms with van der Waals surface area (Å²) in [7, 11) is 1.78. The van der Waals surface area contributed by atoms with Crippen LogP contribution in [0.1, 0.15) is 22.3 Å². The highest BCUT2D eigenvalue weighted by molar-refractivity contribution is 7.17. The van der Waals surface area contributed by atoms with Crippen molar-refractivity contribution in [3.05, 3.63) is 34.8 Å². The maximum atomic E-state index is 12.2. The molecule has 6 heteroatoms. The second-order valence-electron chi connectivity index (χ2n) is 4.10. The molecule has 2 rings (SSSR count). The van der Waals surface area contributed by atoms with E-state index in [1.807, 2.05) is 38.1 Å². The van der Waals surface area contributed by atoms with Gasteiger partial charge in [-0.25, -0.2) is 4.98 Å². The van der Waals surface area contributed by atoms with Gasteiger partial charge in [0.25, 0.3) is 5.91 Å². The van der Waals surface area contributed by atoms with Gasteiger partial charge in [-0.1, -0.05) is 11.3 Å². The van der Waals surface area contributed by atoms with Gasteiger partial charge in [0.05, 0.1) is 12.3 Å². The molecule has 0 saturated heterocycles. The fourth-order valence-electron chi connectivity index (χ4n) is 1.70. The lowest BCUT2D eigenvalue weighted by Crippen LogP contribution is -2.11. The molecular formula is C14H17N3O2S. The van der Waals surface area contributed by atoms with Crippen LogP contribution in [0, 0.1) is 6.92 Å². The van der Waals surface area contributed by atoms with Crippen molar-refractivity contribution in [2.75, 3.05) is 24.3 Å². The molecule has 1 amide bonds. The number of nitrogens with zero attached hydrogens (tertiary/aromatic N) is 1. The summed E-state index contributed by atoms with van der Waals surface area (Å²) in [4.78, 5) is 17.0. The fourth-order valence-corrected chi connectivity index (χ4v) is 2.52. The maximum absolute atomic E-state index is 12.2. The molecule has 5 nitrogen and oxygen atoms in total. The Morgan fingerprint density at radius 3 is 2.60 bits per heavy atom. The lowest BCUT2D eigenvalue weighted by Gasteiger charge is -2.06. The average Bonchev–Trinajstić information content (AvgIpc) is 2.83. The first-order valence-corrected chi connectivity index (χ1v) is 7.15. The molecule has 0 aliphatic carbocycles. The predicted octanol–water partition coefficient (Wildman–Crippen LogP) is 3.14. The lowest BCUT2D eigenvalue weighted by atomic mass is 10.3. The van der Waals surface area contributed by atoms with Crippen LogP contribution in [0.25, 0.3) is 0 Å². The quantitative estimate of drug-likeness (QED) is 0.888. The molecule has 0 radical (unpaired) electrons. The van der Waals surface area contributed by atoms with Crippen LogP contribution in [-0.4, -0.2) is 24.5 Å². The Kier molecular flexibility index (Phi) is 4.57. The fraction of sp³-hybridized carbons (Fsp3) is 0.286. The Labute approximate surface area is 122 Å². The number of hydrogen-bond acceptors (Lipinski definition) is 5. The number of anilines is 2. The average molecular weight is 291 g/mol. The van der Waals surface area contributed by atoms with E-state index in [4.69, 9.17) is 4.74 Å². The molecule has 0 bridgehead atoms. The minimum Gasteiger partial charge on any atom is -0.494 e. The van der Waals surface area contributed by atoms with Crippen molar-refractivity contribution in [3.8, 4) is 5.75 Å². The maximum Gasteiger partial charge on any atom is 0.267 e. The van der Waals surface area contributed by atoms with E-state index >= 15 is 0 Å². The summed E-state index contributed by atoms with van der Waals surface area (Å²) in [5, 5.41) is 6.53. The Hall–Kier alpha value is -2.08. The first-order valence-electron chi connectivity index (χ1n) is 6.33. The number of hydrogen-bond donors (Lipinski definition) is 2. The number of aromatic nitrogens is 1. The monoisotopic (exact) mass is 291 g/mol. The molecule has 2 N–H and O–H groups in total. The summed E-state index contributed by atoms with van der Waals surface area (Å²) in [6.45, 7) is 4.38. The summed E-state index contributed by atoms with van der Waals surface area (Å²) in [5.41, 5.74) is 1.46. The second kappa shape index (κ2) is 6.38. The normalized spacial score (nSPS) is 10.2. The lowest BCUT2D eigenvalue weighted by molar-refractivity contribution is 0.103. The minimum atomic E-state index is -0.148. The molecule has 2 aromatic rings. The molecule has 0 aliphatic rings. The molecule has 106 valence electrons. The molecule has 0 unspecified atom stereocenters. The third-order valence-electron chi connectivity index (χ3n) is 2.64. The number of amides is 1. The van der Waals surface area contributed by atoms with Crippen LogP contribution in [0.4, 0.5) is 10.8 Å². The molecule has 0 aliphatic heterocycles. The van der Waals surface area contributed by atoms with Crippen LogP contribution in [0.5, 0.6) is 5.75 Å². The Bertz CT molecular complexity index is 593. The van der Waals surface area contributed by atoms with Crippen LogP contribution < -0.4 is 15.4 Å². The smallest absolute Gasteiger partial charge is 0.267 e. The number of thiazole rings is 1. The van der Waals surface area contributed by atoms with E-state index in [0.717, 1.165) is 22.3 Å². The van der Waals surface area contributed by atoms with E-state index in [1.165, 1.54) is 11.3 Å². The second-order valence-corrected chi connectivity index (χ2v) is 5.09. The van der Waals surface area contributed by atoms with Gasteiger partial charge in [-0.3, -0.25) is 4.79 Å². The van der Waals surface area contributed by atoms with Crippen molar-refractivity contribution in [3.63, 3.8) is 0 Å². The Balaban J connectivity index is 2.08. The molecule has 1 heterocycles. The third kappa shape index (κ3) is 3.27. The zero-order valence-electron chi connectivity index (χ0n) is 11.7. The Morgan fingerprint density at radius 1 is 1.35 bits per heavy atom. The van der Waals surface area contributed by atoms with Crippen LogP contribution in [-0.2, 0) is 0 Å². The van der Waals surface area contributed by atoms with Gasteiger partial charge in [0, 0.05) is 12.7 Å². The predicted molar refractivity (Wildman–Crippen MR) is 82.0 cm³/mol. The third-order valence-corrected chi connectivity index (χ3v) is 3.81. The summed E-state index contributed by atoms with van der Waals surface area (Å²) in [6, 6.07) is 7.30. The number of ether oxygens (including phenoxy) is 1. The van der Waals surface area contributed by atoms with Crippen molar-refractivity contribution in [1.29, 1.82) is 0 Å². The molecule has 0 saturated carbocycles. The standard InChI is InChI=1S/C14H17N3O2S/c1-4-19-11-7-5-10(6-8-11)17-13(18)12-9(2)16-14(15-3)20-12/h5-8H,4H2,1-3H3,(H,15,16)(H,17,18). The molecule has 0 atom stereocenters. The minimum absolute atomic E-state index is 0.148. The van der Waals surface area contributed by atoms with E-state index in [-0.39, 0.29) is 5.91 Å². The number of carbonyl (C=O) groups is 1. The van der Waals surface area contributed by atoms with Gasteiger partial charge in [-0.05, 0) is 38.1 Å². The van der Waals surface area contributed by atoms with Crippen molar-refractivity contribution in [2.24, 2.45) is 0 Å². The molecular weight excluding hydrogens is 274 g/mol. The zero-order chi connectivity index (χ0) is 14.5. The van der Waals surface area contributed by atoms with Crippen LogP contribution >= 0.6 is 11.3 Å². The number of rotatable bonds is 5. The number of aryl methyl sites for hydroxylation is 1. The molecule has 0 spiro atoms. The SMILES string of the molecule is CCOc1ccc(NC(=O)c2sc(NC)nc2C)cc1. The van der Waals surface area contributed by atoms with Crippen LogP contribution in [0.15, 0.2) is 24.3 Å². The van der Waals surface area contributed by atoms with Gasteiger partial charge >= 0.3 is 0 Å². The van der Waals surface area contributed by atoms with Gasteiger partial charge in [-0.15, -0.1) is 0 Å². The first-order chi connectivity index (χ1) is 9.63. The van der Waals surface area contributed by atoms with E-state index in [2.05, 4.69) is 15.6 Å². The van der Waals surface area contributed by atoms with E-state index in [9.17, 15) is 4.79 Å². The van der Waals surface area contributed by atoms with Gasteiger partial charge in [-0.2, -0.15) is 0 Å². The number of nitrogens with one attached hydrogen (secondary N) is 2. The summed E-state index contributed by atoms with van der Waals surface area (Å²) < 4.78 is 5.36. The topological polar surface area (TPSA) is 63.2 Å². The van der Waals surface area contributed by atoms with E-state index in [1.54, 1.807) is 7.05 Å². The van der Waals surface area contributed by atoms with Crippen molar-refractivity contribution < 1.29 is 9.53 Å². The van der Waals surface area contributed by atoms with Crippen LogP contribution in [0.2, 0.25) is 0 Å². The van der Waals surface area contributed by atoms with Crippen molar-refractivity contribution in [1.82, 2.24) is 4.98 Å². The molecule has 1 aromatic carbocycles. The summed E-state index contributed by atoms with van der Waals surface area (Å²) in [5.74, 6) is 0.641. The first kappa shape index (κ1) is 14.3. The number of carbonyl (C=O) groups excluding carboxylic acids is 1. The molecule has 0 fully saturated rings. The Morgan fingerprint density at radius 2 is 2.05 bits per heavy atom. The highest BCUT2D eigenvalue weighted by atomic mass is 32.1. The summed E-state index contributed by atoms with van der Waals surface area (Å²) in [6.07, 6.45) is 0.